The first-order valence-corrected chi connectivity index (χ1v) is 7.26. The summed E-state index contributed by atoms with van der Waals surface area (Å²) in [5.74, 6) is 0.889. The molecule has 1 fully saturated rings. The summed E-state index contributed by atoms with van der Waals surface area (Å²) < 4.78 is 0. The Labute approximate surface area is 114 Å². The van der Waals surface area contributed by atoms with Gasteiger partial charge in [0.25, 0.3) is 0 Å². The van der Waals surface area contributed by atoms with Gasteiger partial charge in [-0.25, -0.2) is 0 Å². The molecule has 0 bridgehead atoms. The minimum atomic E-state index is -0.142. The van der Waals surface area contributed by atoms with Gasteiger partial charge in [-0.1, -0.05) is 26.7 Å². The smallest absolute Gasteiger partial charge is 0.170 e. The zero-order valence-electron chi connectivity index (χ0n) is 11.7. The Hall–Kier alpha value is -1.32. The number of fused-ring (bicyclic) bond motifs is 1. The van der Waals surface area contributed by atoms with Crippen LogP contribution in [-0.2, 0) is 4.79 Å². The normalized spacial score (nSPS) is 33.8. The number of Topliss-reactive ketones (excluding diaryl/α,β-unsaturated/α-hetero) is 1. The van der Waals surface area contributed by atoms with Gasteiger partial charge in [-0.2, -0.15) is 0 Å². The quantitative estimate of drug-likeness (QED) is 0.763. The fourth-order valence-corrected chi connectivity index (χ4v) is 3.51. The first kappa shape index (κ1) is 12.7. The summed E-state index contributed by atoms with van der Waals surface area (Å²) in [5, 5.41) is 13.6. The van der Waals surface area contributed by atoms with Crippen molar-refractivity contribution in [3.05, 3.63) is 11.3 Å². The maximum atomic E-state index is 12.3. The number of nitrogens with zero attached hydrogens (tertiary/aromatic N) is 1. The highest BCUT2D eigenvalue weighted by atomic mass is 16.3. The molecule has 3 rings (SSSR count). The number of nitrogens with one attached hydrogen (secondary N) is 1. The number of ketones is 1. The molecule has 0 saturated heterocycles. The van der Waals surface area contributed by atoms with E-state index in [-0.39, 0.29) is 17.0 Å². The van der Waals surface area contributed by atoms with E-state index in [1.807, 2.05) is 13.8 Å². The van der Waals surface area contributed by atoms with Gasteiger partial charge in [0.1, 0.15) is 11.6 Å². The number of hydrogen-bond donors (Lipinski definition) is 2. The molecule has 0 unspecified atom stereocenters. The molecule has 1 heterocycles. The van der Waals surface area contributed by atoms with Crippen LogP contribution in [0.1, 0.15) is 52.4 Å². The van der Waals surface area contributed by atoms with Crippen molar-refractivity contribution in [3.63, 3.8) is 0 Å². The number of carbonyl (C=O) groups excluding carboxylic acids is 1. The fourth-order valence-electron chi connectivity index (χ4n) is 3.51. The molecule has 104 valence electrons. The van der Waals surface area contributed by atoms with Crippen LogP contribution in [-0.4, -0.2) is 28.8 Å². The van der Waals surface area contributed by atoms with E-state index in [9.17, 15) is 9.90 Å². The van der Waals surface area contributed by atoms with Crippen molar-refractivity contribution in [1.29, 1.82) is 0 Å². The van der Waals surface area contributed by atoms with Crippen LogP contribution < -0.4 is 5.32 Å². The van der Waals surface area contributed by atoms with Crippen molar-refractivity contribution < 1.29 is 9.90 Å². The molecular weight excluding hydrogens is 240 g/mol. The standard InChI is InChI=1S/C15H22N2O2/c1-15(2)7-11(18)13(12(19)8-15)14-16-9-5-3-4-6-10(9)17-14/h9-10,18H,3-8H2,1-2H3,(H,16,17)/t9-,10-/m1/s1. The average Bonchev–Trinajstić information content (AvgIpc) is 2.68. The van der Waals surface area contributed by atoms with E-state index < -0.39 is 0 Å². The van der Waals surface area contributed by atoms with Crippen LogP contribution in [0.15, 0.2) is 16.3 Å². The van der Waals surface area contributed by atoms with Crippen molar-refractivity contribution in [2.75, 3.05) is 0 Å². The number of rotatable bonds is 1. The third-order valence-corrected chi connectivity index (χ3v) is 4.44. The summed E-state index contributed by atoms with van der Waals surface area (Å²) in [6.07, 6.45) is 5.70. The number of aliphatic hydroxyl groups excluding tert-OH is 1. The maximum absolute atomic E-state index is 12.3. The van der Waals surface area contributed by atoms with Crippen LogP contribution in [0.2, 0.25) is 0 Å². The lowest BCUT2D eigenvalue weighted by molar-refractivity contribution is -0.117. The Morgan fingerprint density at radius 2 is 2.00 bits per heavy atom. The number of allylic oxidation sites excluding steroid dienone is 1. The zero-order valence-corrected chi connectivity index (χ0v) is 11.7. The Bertz CT molecular complexity index is 477. The SMILES string of the molecule is CC1(C)CC(=O)C(C2=N[C@@H]3CCCC[C@H]3N2)=C(O)C1. The van der Waals surface area contributed by atoms with Gasteiger partial charge in [0.15, 0.2) is 5.78 Å². The van der Waals surface area contributed by atoms with E-state index >= 15 is 0 Å². The molecule has 3 aliphatic rings. The van der Waals surface area contributed by atoms with Gasteiger partial charge in [0.05, 0.1) is 11.6 Å². The number of aliphatic imine (C=N–C) groups is 1. The van der Waals surface area contributed by atoms with Crippen molar-refractivity contribution >= 4 is 11.6 Å². The molecule has 0 aromatic carbocycles. The summed E-state index contributed by atoms with van der Waals surface area (Å²) in [5.41, 5.74) is 0.310. The van der Waals surface area contributed by atoms with E-state index in [4.69, 9.17) is 0 Å². The molecule has 2 N–H and O–H groups in total. The van der Waals surface area contributed by atoms with Crippen molar-refractivity contribution in [2.24, 2.45) is 10.4 Å². The predicted octanol–water partition coefficient (Wildman–Crippen LogP) is 2.50. The highest BCUT2D eigenvalue weighted by Crippen LogP contribution is 2.37. The Balaban J connectivity index is 1.88. The Morgan fingerprint density at radius 3 is 2.68 bits per heavy atom. The van der Waals surface area contributed by atoms with Gasteiger partial charge in [0.2, 0.25) is 0 Å². The molecule has 0 spiro atoms. The Kier molecular flexibility index (Phi) is 2.91. The lowest BCUT2D eigenvalue weighted by Crippen LogP contribution is -2.39. The van der Waals surface area contributed by atoms with Gasteiger partial charge < -0.3 is 10.4 Å². The second kappa shape index (κ2) is 4.36. The molecule has 4 nitrogen and oxygen atoms in total. The van der Waals surface area contributed by atoms with E-state index in [1.165, 1.54) is 12.8 Å². The molecule has 1 aliphatic heterocycles. The third kappa shape index (κ3) is 2.28. The molecule has 1 saturated carbocycles. The molecule has 2 aliphatic carbocycles. The summed E-state index contributed by atoms with van der Waals surface area (Å²) in [6.45, 7) is 4.03. The first-order valence-electron chi connectivity index (χ1n) is 7.26. The van der Waals surface area contributed by atoms with Crippen LogP contribution in [0, 0.1) is 5.41 Å². The van der Waals surface area contributed by atoms with E-state index in [2.05, 4.69) is 10.3 Å². The average molecular weight is 262 g/mol. The second-order valence-electron chi connectivity index (χ2n) is 6.84. The molecule has 4 heteroatoms. The summed E-state index contributed by atoms with van der Waals surface area (Å²) >= 11 is 0. The monoisotopic (exact) mass is 262 g/mol. The number of hydrogen-bond acceptors (Lipinski definition) is 4. The van der Waals surface area contributed by atoms with Crippen LogP contribution in [0.4, 0.5) is 0 Å². The van der Waals surface area contributed by atoms with E-state index in [0.29, 0.717) is 36.3 Å². The minimum Gasteiger partial charge on any atom is -0.511 e. The van der Waals surface area contributed by atoms with Crippen molar-refractivity contribution in [2.45, 2.75) is 64.5 Å². The lowest BCUT2D eigenvalue weighted by Gasteiger charge is -2.29. The van der Waals surface area contributed by atoms with Crippen molar-refractivity contribution in [1.82, 2.24) is 5.32 Å². The fraction of sp³-hybridized carbons (Fsp3) is 0.733. The number of aliphatic hydroxyl groups is 1. The summed E-state index contributed by atoms with van der Waals surface area (Å²) in [4.78, 5) is 16.9. The van der Waals surface area contributed by atoms with Crippen LogP contribution in [0.5, 0.6) is 0 Å². The predicted molar refractivity (Wildman–Crippen MR) is 74.3 cm³/mol. The van der Waals surface area contributed by atoms with E-state index in [1.54, 1.807) is 0 Å². The minimum absolute atomic E-state index is 0.0265. The summed E-state index contributed by atoms with van der Waals surface area (Å²) in [6, 6.07) is 0.665. The van der Waals surface area contributed by atoms with Gasteiger partial charge in [-0.05, 0) is 18.3 Å². The molecular formula is C15H22N2O2. The molecule has 0 radical (unpaired) electrons. The van der Waals surface area contributed by atoms with Crippen LogP contribution in [0.25, 0.3) is 0 Å². The molecule has 0 aromatic heterocycles. The van der Waals surface area contributed by atoms with Crippen LogP contribution in [0.3, 0.4) is 0 Å². The van der Waals surface area contributed by atoms with Crippen LogP contribution >= 0.6 is 0 Å². The van der Waals surface area contributed by atoms with Crippen molar-refractivity contribution in [3.8, 4) is 0 Å². The number of amidine groups is 1. The Morgan fingerprint density at radius 1 is 1.26 bits per heavy atom. The topological polar surface area (TPSA) is 61.7 Å². The summed E-state index contributed by atoms with van der Waals surface area (Å²) in [7, 11) is 0. The van der Waals surface area contributed by atoms with Gasteiger partial charge >= 0.3 is 0 Å². The van der Waals surface area contributed by atoms with Gasteiger partial charge in [-0.3, -0.25) is 9.79 Å². The largest absolute Gasteiger partial charge is 0.511 e. The number of carbonyl (C=O) groups is 1. The van der Waals surface area contributed by atoms with E-state index in [0.717, 1.165) is 12.8 Å². The maximum Gasteiger partial charge on any atom is 0.170 e. The third-order valence-electron chi connectivity index (χ3n) is 4.44. The van der Waals surface area contributed by atoms with Gasteiger partial charge in [0, 0.05) is 18.9 Å². The highest BCUT2D eigenvalue weighted by molar-refractivity contribution is 6.23. The molecule has 19 heavy (non-hydrogen) atoms. The molecule has 0 aromatic rings. The molecule has 0 amide bonds. The molecule has 2 atom stereocenters. The lowest BCUT2D eigenvalue weighted by atomic mass is 9.76. The second-order valence-corrected chi connectivity index (χ2v) is 6.84. The highest BCUT2D eigenvalue weighted by Gasteiger charge is 2.39. The zero-order chi connectivity index (χ0) is 13.6. The first-order chi connectivity index (χ1) is 8.96. The van der Waals surface area contributed by atoms with Gasteiger partial charge in [-0.15, -0.1) is 0 Å².